The number of carbonyl (C=O) groups excluding carboxylic acids is 1. The second-order valence-electron chi connectivity index (χ2n) is 5.60. The van der Waals surface area contributed by atoms with Gasteiger partial charge in [0, 0.05) is 5.69 Å². The van der Waals surface area contributed by atoms with Crippen LogP contribution >= 0.6 is 0 Å². The van der Waals surface area contributed by atoms with E-state index in [0.29, 0.717) is 5.69 Å². The summed E-state index contributed by atoms with van der Waals surface area (Å²) in [5.74, 6) is -2.52. The quantitative estimate of drug-likeness (QED) is 0.831. The SMILES string of the molecule is O=C(Nc1ccc(C2=CCCCC2)cc1)c1c(F)cccc1F. The first-order valence-electron chi connectivity index (χ1n) is 7.70. The van der Waals surface area contributed by atoms with Crippen molar-refractivity contribution in [3.8, 4) is 0 Å². The lowest BCUT2D eigenvalue weighted by Gasteiger charge is -2.13. The molecule has 0 radical (unpaired) electrons. The number of hydrogen-bond acceptors (Lipinski definition) is 1. The molecule has 1 aliphatic rings. The fourth-order valence-electron chi connectivity index (χ4n) is 2.78. The second kappa shape index (κ2) is 6.73. The molecule has 2 aromatic rings. The van der Waals surface area contributed by atoms with Crippen LogP contribution in [0.4, 0.5) is 14.5 Å². The first kappa shape index (κ1) is 15.4. The van der Waals surface area contributed by atoms with E-state index >= 15 is 0 Å². The van der Waals surface area contributed by atoms with Crippen molar-refractivity contribution in [3.63, 3.8) is 0 Å². The average Bonchev–Trinajstić information content (AvgIpc) is 2.56. The number of anilines is 1. The maximum absolute atomic E-state index is 13.6. The molecule has 0 heterocycles. The molecule has 0 aromatic heterocycles. The summed E-state index contributed by atoms with van der Waals surface area (Å²) in [6.45, 7) is 0. The van der Waals surface area contributed by atoms with Crippen LogP contribution in [0, 0.1) is 11.6 Å². The van der Waals surface area contributed by atoms with Gasteiger partial charge in [-0.25, -0.2) is 8.78 Å². The first-order valence-corrected chi connectivity index (χ1v) is 7.70. The highest BCUT2D eigenvalue weighted by Gasteiger charge is 2.17. The van der Waals surface area contributed by atoms with E-state index in [1.54, 1.807) is 12.1 Å². The lowest BCUT2D eigenvalue weighted by molar-refractivity contribution is 0.101. The van der Waals surface area contributed by atoms with Crippen LogP contribution < -0.4 is 5.32 Å². The Morgan fingerprint density at radius 1 is 0.957 bits per heavy atom. The van der Waals surface area contributed by atoms with E-state index < -0.39 is 23.1 Å². The molecule has 0 aliphatic heterocycles. The van der Waals surface area contributed by atoms with Gasteiger partial charge in [0.05, 0.1) is 0 Å². The van der Waals surface area contributed by atoms with Gasteiger partial charge in [-0.3, -0.25) is 4.79 Å². The minimum Gasteiger partial charge on any atom is -0.322 e. The highest BCUT2D eigenvalue weighted by molar-refractivity contribution is 6.04. The van der Waals surface area contributed by atoms with E-state index in [4.69, 9.17) is 0 Å². The Hall–Kier alpha value is -2.49. The fourth-order valence-corrected chi connectivity index (χ4v) is 2.78. The summed E-state index contributed by atoms with van der Waals surface area (Å²) < 4.78 is 27.2. The normalized spacial score (nSPS) is 14.3. The molecule has 0 bridgehead atoms. The van der Waals surface area contributed by atoms with E-state index in [-0.39, 0.29) is 0 Å². The van der Waals surface area contributed by atoms with Gasteiger partial charge in [-0.2, -0.15) is 0 Å². The van der Waals surface area contributed by atoms with Crippen molar-refractivity contribution >= 4 is 17.2 Å². The molecule has 0 saturated carbocycles. The number of hydrogen-bond donors (Lipinski definition) is 1. The zero-order valence-corrected chi connectivity index (χ0v) is 12.6. The molecule has 1 N–H and O–H groups in total. The van der Waals surface area contributed by atoms with Gasteiger partial charge in [0.25, 0.3) is 5.91 Å². The van der Waals surface area contributed by atoms with Crippen molar-refractivity contribution < 1.29 is 13.6 Å². The Balaban J connectivity index is 1.76. The molecule has 0 spiro atoms. The van der Waals surface area contributed by atoms with E-state index in [2.05, 4.69) is 11.4 Å². The standard InChI is InChI=1S/C19H17F2NO/c20-16-7-4-8-17(21)18(16)19(23)22-15-11-9-14(10-12-15)13-5-2-1-3-6-13/h4-5,7-12H,1-3,6H2,(H,22,23). The van der Waals surface area contributed by atoms with Crippen molar-refractivity contribution in [1.82, 2.24) is 0 Å². The molecule has 0 fully saturated rings. The molecule has 1 aliphatic carbocycles. The van der Waals surface area contributed by atoms with Crippen LogP contribution in [0.25, 0.3) is 5.57 Å². The summed E-state index contributed by atoms with van der Waals surface area (Å²) in [7, 11) is 0. The van der Waals surface area contributed by atoms with Crippen molar-refractivity contribution in [2.75, 3.05) is 5.32 Å². The van der Waals surface area contributed by atoms with Crippen LogP contribution in [-0.2, 0) is 0 Å². The highest BCUT2D eigenvalue weighted by Crippen LogP contribution is 2.27. The molecule has 0 atom stereocenters. The molecule has 2 aromatic carbocycles. The van der Waals surface area contributed by atoms with Gasteiger partial charge in [0.1, 0.15) is 17.2 Å². The fraction of sp³-hybridized carbons (Fsp3) is 0.211. The minimum atomic E-state index is -0.869. The summed E-state index contributed by atoms with van der Waals surface area (Å²) >= 11 is 0. The third-order valence-corrected chi connectivity index (χ3v) is 3.99. The number of allylic oxidation sites excluding steroid dienone is 2. The van der Waals surface area contributed by atoms with Crippen molar-refractivity contribution in [3.05, 3.63) is 71.3 Å². The lowest BCUT2D eigenvalue weighted by atomic mass is 9.94. The molecule has 0 unspecified atom stereocenters. The third kappa shape index (κ3) is 3.47. The summed E-state index contributed by atoms with van der Waals surface area (Å²) in [4.78, 5) is 12.0. The van der Waals surface area contributed by atoms with Gasteiger partial charge in [0.15, 0.2) is 0 Å². The Bertz CT molecular complexity index is 730. The van der Waals surface area contributed by atoms with Gasteiger partial charge >= 0.3 is 0 Å². The first-order chi connectivity index (χ1) is 11.1. The molecule has 3 rings (SSSR count). The smallest absolute Gasteiger partial charge is 0.261 e. The average molecular weight is 313 g/mol. The molecule has 4 heteroatoms. The number of nitrogens with one attached hydrogen (secondary N) is 1. The lowest BCUT2D eigenvalue weighted by Crippen LogP contribution is -2.15. The minimum absolute atomic E-state index is 0.512. The second-order valence-corrected chi connectivity index (χ2v) is 5.60. The summed E-state index contributed by atoms with van der Waals surface area (Å²) in [6, 6.07) is 10.7. The predicted octanol–water partition coefficient (Wildman–Crippen LogP) is 5.17. The van der Waals surface area contributed by atoms with Crippen molar-refractivity contribution in [2.45, 2.75) is 25.7 Å². The maximum Gasteiger partial charge on any atom is 0.261 e. The molecular weight excluding hydrogens is 296 g/mol. The Kier molecular flexibility index (Phi) is 4.51. The monoisotopic (exact) mass is 313 g/mol. The Morgan fingerprint density at radius 2 is 1.65 bits per heavy atom. The maximum atomic E-state index is 13.6. The van der Waals surface area contributed by atoms with Crippen molar-refractivity contribution in [1.29, 1.82) is 0 Å². The molecule has 0 saturated heterocycles. The van der Waals surface area contributed by atoms with Gasteiger partial charge in [0.2, 0.25) is 0 Å². The van der Waals surface area contributed by atoms with Gasteiger partial charge < -0.3 is 5.32 Å². The van der Waals surface area contributed by atoms with E-state index in [1.165, 1.54) is 24.5 Å². The number of rotatable bonds is 3. The number of benzene rings is 2. The van der Waals surface area contributed by atoms with Crippen molar-refractivity contribution in [2.24, 2.45) is 0 Å². The molecule has 2 nitrogen and oxygen atoms in total. The van der Waals surface area contributed by atoms with E-state index in [1.807, 2.05) is 12.1 Å². The van der Waals surface area contributed by atoms with Gasteiger partial charge in [-0.05, 0) is 61.1 Å². The number of carbonyl (C=O) groups is 1. The van der Waals surface area contributed by atoms with Crippen LogP contribution in [-0.4, -0.2) is 5.91 Å². The predicted molar refractivity (Wildman–Crippen MR) is 87.2 cm³/mol. The van der Waals surface area contributed by atoms with Crippen LogP contribution in [0.3, 0.4) is 0 Å². The third-order valence-electron chi connectivity index (χ3n) is 3.99. The largest absolute Gasteiger partial charge is 0.322 e. The Labute approximate surface area is 133 Å². The van der Waals surface area contributed by atoms with Gasteiger partial charge in [-0.15, -0.1) is 0 Å². The molecule has 1 amide bonds. The van der Waals surface area contributed by atoms with Crippen LogP contribution in [0.15, 0.2) is 48.5 Å². The van der Waals surface area contributed by atoms with E-state index in [0.717, 1.165) is 30.5 Å². The van der Waals surface area contributed by atoms with E-state index in [9.17, 15) is 13.6 Å². The van der Waals surface area contributed by atoms with Gasteiger partial charge in [-0.1, -0.05) is 24.3 Å². The highest BCUT2D eigenvalue weighted by atomic mass is 19.1. The van der Waals surface area contributed by atoms with Crippen LogP contribution in [0.2, 0.25) is 0 Å². The summed E-state index contributed by atoms with van der Waals surface area (Å²) in [5.41, 5.74) is 2.39. The Morgan fingerprint density at radius 3 is 2.26 bits per heavy atom. The molecule has 118 valence electrons. The summed E-state index contributed by atoms with van der Waals surface area (Å²) in [5, 5.41) is 2.53. The van der Waals surface area contributed by atoms with Crippen LogP contribution in [0.1, 0.15) is 41.6 Å². The molecular formula is C19H17F2NO. The summed E-state index contributed by atoms with van der Waals surface area (Å²) in [6.07, 6.45) is 6.82. The zero-order chi connectivity index (χ0) is 16.2. The number of halogens is 2. The van der Waals surface area contributed by atoms with Crippen LogP contribution in [0.5, 0.6) is 0 Å². The topological polar surface area (TPSA) is 29.1 Å². The number of amides is 1. The zero-order valence-electron chi connectivity index (χ0n) is 12.6. The molecule has 23 heavy (non-hydrogen) atoms.